The first-order valence-electron chi connectivity index (χ1n) is 9.65. The molecule has 5 heteroatoms. The maximum Gasteiger partial charge on any atom is 0.274 e. The summed E-state index contributed by atoms with van der Waals surface area (Å²) in [6.45, 7) is 7.69. The molecule has 1 aromatic carbocycles. The average molecular weight is 365 g/mol. The molecule has 0 radical (unpaired) electrons. The number of rotatable bonds is 4. The van der Waals surface area contributed by atoms with Crippen LogP contribution in [-0.4, -0.2) is 34.8 Å². The zero-order valence-electron chi connectivity index (χ0n) is 16.3. The summed E-state index contributed by atoms with van der Waals surface area (Å²) in [4.78, 5) is 31.7. The lowest BCUT2D eigenvalue weighted by Crippen LogP contribution is -2.39. The second-order valence-electron chi connectivity index (χ2n) is 7.32. The van der Waals surface area contributed by atoms with E-state index in [0.29, 0.717) is 11.6 Å². The van der Waals surface area contributed by atoms with E-state index in [1.807, 2.05) is 30.0 Å². The van der Waals surface area contributed by atoms with Gasteiger partial charge in [-0.05, 0) is 55.4 Å². The zero-order valence-corrected chi connectivity index (χ0v) is 16.3. The number of amides is 2. The van der Waals surface area contributed by atoms with E-state index in [0.717, 1.165) is 49.2 Å². The molecule has 1 N–H and O–H groups in total. The molecule has 0 spiro atoms. The number of pyridine rings is 1. The van der Waals surface area contributed by atoms with Crippen LogP contribution in [0.25, 0.3) is 0 Å². The van der Waals surface area contributed by atoms with Gasteiger partial charge in [0, 0.05) is 18.8 Å². The van der Waals surface area contributed by atoms with E-state index in [9.17, 15) is 9.59 Å². The minimum Gasteiger partial charge on any atom is -0.337 e. The molecule has 0 saturated carbocycles. The number of piperidine rings is 1. The molecule has 1 atom stereocenters. The van der Waals surface area contributed by atoms with Crippen LogP contribution in [0.3, 0.4) is 0 Å². The Labute approximate surface area is 160 Å². The lowest BCUT2D eigenvalue weighted by atomic mass is 10.00. The van der Waals surface area contributed by atoms with E-state index in [2.05, 4.69) is 24.1 Å². The SMILES string of the molecule is CCc1cccc(C)c1NC(=O)c1cccc(C(=O)N2CCCC(C)C2)n1. The number of nitrogens with zero attached hydrogens (tertiary/aromatic N) is 2. The van der Waals surface area contributed by atoms with Crippen LogP contribution in [-0.2, 0) is 6.42 Å². The molecule has 2 heterocycles. The third-order valence-electron chi connectivity index (χ3n) is 5.12. The Hall–Kier alpha value is -2.69. The molecule has 1 saturated heterocycles. The van der Waals surface area contributed by atoms with Crippen molar-refractivity contribution in [3.63, 3.8) is 0 Å². The lowest BCUT2D eigenvalue weighted by Gasteiger charge is -2.30. The normalized spacial score (nSPS) is 16.9. The highest BCUT2D eigenvalue weighted by Crippen LogP contribution is 2.22. The van der Waals surface area contributed by atoms with E-state index in [1.54, 1.807) is 18.2 Å². The summed E-state index contributed by atoms with van der Waals surface area (Å²) < 4.78 is 0. The molecule has 2 aromatic rings. The Morgan fingerprint density at radius 3 is 2.67 bits per heavy atom. The van der Waals surface area contributed by atoms with E-state index in [4.69, 9.17) is 0 Å². The summed E-state index contributed by atoms with van der Waals surface area (Å²) >= 11 is 0. The molecule has 27 heavy (non-hydrogen) atoms. The predicted molar refractivity (Wildman–Crippen MR) is 107 cm³/mol. The van der Waals surface area contributed by atoms with Gasteiger partial charge in [0.15, 0.2) is 0 Å². The van der Waals surface area contributed by atoms with Gasteiger partial charge in [0.2, 0.25) is 0 Å². The first-order chi connectivity index (χ1) is 13.0. The Morgan fingerprint density at radius 1 is 1.19 bits per heavy atom. The molecule has 142 valence electrons. The Morgan fingerprint density at radius 2 is 1.93 bits per heavy atom. The van der Waals surface area contributed by atoms with E-state index < -0.39 is 0 Å². The molecule has 1 fully saturated rings. The van der Waals surface area contributed by atoms with Crippen molar-refractivity contribution in [3.8, 4) is 0 Å². The van der Waals surface area contributed by atoms with Gasteiger partial charge in [-0.1, -0.05) is 38.1 Å². The standard InChI is InChI=1S/C22H27N3O2/c1-4-17-10-5-9-16(3)20(17)24-21(26)18-11-6-12-19(23-18)22(27)25-13-7-8-15(2)14-25/h5-6,9-12,15H,4,7-8,13-14H2,1-3H3,(H,24,26). The highest BCUT2D eigenvalue weighted by molar-refractivity contribution is 6.04. The summed E-state index contributed by atoms with van der Waals surface area (Å²) in [5, 5.41) is 2.97. The molecule has 1 unspecified atom stereocenters. The number of nitrogens with one attached hydrogen (secondary N) is 1. The van der Waals surface area contributed by atoms with Crippen molar-refractivity contribution in [3.05, 3.63) is 58.9 Å². The summed E-state index contributed by atoms with van der Waals surface area (Å²) in [6, 6.07) is 11.0. The first kappa shape index (κ1) is 19.1. The average Bonchev–Trinajstić information content (AvgIpc) is 2.69. The smallest absolute Gasteiger partial charge is 0.274 e. The van der Waals surface area contributed by atoms with Gasteiger partial charge in [-0.3, -0.25) is 9.59 Å². The van der Waals surface area contributed by atoms with Crippen molar-refractivity contribution >= 4 is 17.5 Å². The second kappa shape index (κ2) is 8.33. The van der Waals surface area contributed by atoms with E-state index in [1.165, 1.54) is 0 Å². The molecule has 2 amide bonds. The second-order valence-corrected chi connectivity index (χ2v) is 7.32. The number of carbonyl (C=O) groups excluding carboxylic acids is 2. The topological polar surface area (TPSA) is 62.3 Å². The fourth-order valence-corrected chi connectivity index (χ4v) is 3.60. The molecule has 1 aromatic heterocycles. The third-order valence-corrected chi connectivity index (χ3v) is 5.12. The summed E-state index contributed by atoms with van der Waals surface area (Å²) in [7, 11) is 0. The lowest BCUT2D eigenvalue weighted by molar-refractivity contribution is 0.0677. The molecule has 1 aliphatic rings. The maximum absolute atomic E-state index is 12.8. The fraction of sp³-hybridized carbons (Fsp3) is 0.409. The van der Waals surface area contributed by atoms with Gasteiger partial charge >= 0.3 is 0 Å². The van der Waals surface area contributed by atoms with E-state index in [-0.39, 0.29) is 17.5 Å². The summed E-state index contributed by atoms with van der Waals surface area (Å²) in [5.41, 5.74) is 3.51. The third kappa shape index (κ3) is 4.35. The largest absolute Gasteiger partial charge is 0.337 e. The van der Waals surface area contributed by atoms with Gasteiger partial charge in [0.1, 0.15) is 11.4 Å². The Bertz CT molecular complexity index is 847. The Balaban J connectivity index is 1.79. The molecule has 3 rings (SSSR count). The maximum atomic E-state index is 12.8. The minimum absolute atomic E-state index is 0.0960. The molecule has 0 bridgehead atoms. The van der Waals surface area contributed by atoms with Crippen molar-refractivity contribution in [2.24, 2.45) is 5.92 Å². The number of hydrogen-bond donors (Lipinski definition) is 1. The van der Waals surface area contributed by atoms with Gasteiger partial charge in [0.05, 0.1) is 0 Å². The number of likely N-dealkylation sites (tertiary alicyclic amines) is 1. The quantitative estimate of drug-likeness (QED) is 0.888. The number of para-hydroxylation sites is 1. The number of aryl methyl sites for hydroxylation is 2. The summed E-state index contributed by atoms with van der Waals surface area (Å²) in [5.74, 6) is 0.115. The fourth-order valence-electron chi connectivity index (χ4n) is 3.60. The van der Waals surface area contributed by atoms with Crippen LogP contribution in [0.5, 0.6) is 0 Å². The number of hydrogen-bond acceptors (Lipinski definition) is 3. The zero-order chi connectivity index (χ0) is 19.4. The molecule has 0 aliphatic carbocycles. The molecular formula is C22H27N3O2. The minimum atomic E-state index is -0.291. The highest BCUT2D eigenvalue weighted by atomic mass is 16.2. The van der Waals surface area contributed by atoms with Gasteiger partial charge in [-0.2, -0.15) is 0 Å². The van der Waals surface area contributed by atoms with Crippen molar-refractivity contribution in [2.45, 2.75) is 40.0 Å². The van der Waals surface area contributed by atoms with Gasteiger partial charge in [0.25, 0.3) is 11.8 Å². The van der Waals surface area contributed by atoms with Crippen molar-refractivity contribution in [1.82, 2.24) is 9.88 Å². The van der Waals surface area contributed by atoms with Crippen LogP contribution in [0.15, 0.2) is 36.4 Å². The van der Waals surface area contributed by atoms with Crippen LogP contribution >= 0.6 is 0 Å². The molecule has 5 nitrogen and oxygen atoms in total. The van der Waals surface area contributed by atoms with Crippen molar-refractivity contribution in [1.29, 1.82) is 0 Å². The van der Waals surface area contributed by atoms with E-state index >= 15 is 0 Å². The number of benzene rings is 1. The van der Waals surface area contributed by atoms with Crippen LogP contribution in [0.2, 0.25) is 0 Å². The van der Waals surface area contributed by atoms with Crippen LogP contribution in [0.1, 0.15) is 58.8 Å². The predicted octanol–water partition coefficient (Wildman–Crippen LogP) is 4.08. The van der Waals surface area contributed by atoms with Crippen LogP contribution < -0.4 is 5.32 Å². The number of aromatic nitrogens is 1. The van der Waals surface area contributed by atoms with Gasteiger partial charge < -0.3 is 10.2 Å². The van der Waals surface area contributed by atoms with Crippen molar-refractivity contribution < 1.29 is 9.59 Å². The molecule has 1 aliphatic heterocycles. The van der Waals surface area contributed by atoms with Gasteiger partial charge in [-0.25, -0.2) is 4.98 Å². The number of anilines is 1. The van der Waals surface area contributed by atoms with Crippen molar-refractivity contribution in [2.75, 3.05) is 18.4 Å². The highest BCUT2D eigenvalue weighted by Gasteiger charge is 2.23. The number of carbonyl (C=O) groups is 2. The van der Waals surface area contributed by atoms with Gasteiger partial charge in [-0.15, -0.1) is 0 Å². The summed E-state index contributed by atoms with van der Waals surface area (Å²) in [6.07, 6.45) is 2.99. The van der Waals surface area contributed by atoms with Crippen LogP contribution in [0.4, 0.5) is 5.69 Å². The first-order valence-corrected chi connectivity index (χ1v) is 9.65. The Kier molecular flexibility index (Phi) is 5.89. The monoisotopic (exact) mass is 365 g/mol. The van der Waals surface area contributed by atoms with Crippen LogP contribution in [0, 0.1) is 12.8 Å². The molecular weight excluding hydrogens is 338 g/mol.